The Kier molecular flexibility index (Phi) is 4.83. The monoisotopic (exact) mass is 399 g/mol. The summed E-state index contributed by atoms with van der Waals surface area (Å²) >= 11 is 0. The second-order valence-corrected chi connectivity index (χ2v) is 7.81. The summed E-state index contributed by atoms with van der Waals surface area (Å²) in [5.41, 5.74) is 3.61. The fourth-order valence-electron chi connectivity index (χ4n) is 4.57. The van der Waals surface area contributed by atoms with Gasteiger partial charge in [-0.2, -0.15) is 0 Å². The zero-order valence-electron chi connectivity index (χ0n) is 17.0. The second-order valence-electron chi connectivity index (χ2n) is 7.81. The lowest BCUT2D eigenvalue weighted by Gasteiger charge is -2.37. The Morgan fingerprint density at radius 3 is 2.57 bits per heavy atom. The molecule has 1 saturated heterocycles. The molecule has 0 spiro atoms. The summed E-state index contributed by atoms with van der Waals surface area (Å²) in [6, 6.07) is 15.0. The van der Waals surface area contributed by atoms with Crippen molar-refractivity contribution in [1.82, 2.24) is 14.9 Å². The molecule has 0 bridgehead atoms. The third kappa shape index (κ3) is 3.28. The molecule has 3 heterocycles. The Balaban J connectivity index is 1.39. The van der Waals surface area contributed by atoms with Crippen LogP contribution < -0.4 is 9.80 Å². The van der Waals surface area contributed by atoms with E-state index >= 15 is 0 Å². The van der Waals surface area contributed by atoms with Crippen LogP contribution in [0, 0.1) is 0 Å². The lowest BCUT2D eigenvalue weighted by Crippen LogP contribution is -2.49. The predicted octanol–water partition coefficient (Wildman–Crippen LogP) is 3.03. The number of fused-ring (bicyclic) bond motifs is 2. The van der Waals surface area contributed by atoms with Crippen molar-refractivity contribution in [1.29, 1.82) is 0 Å². The van der Waals surface area contributed by atoms with Crippen molar-refractivity contribution in [2.24, 2.45) is 0 Å². The molecular formula is C24H25N5O. The van der Waals surface area contributed by atoms with Gasteiger partial charge in [0.15, 0.2) is 0 Å². The van der Waals surface area contributed by atoms with Crippen LogP contribution in [-0.4, -0.2) is 53.5 Å². The molecule has 6 nitrogen and oxygen atoms in total. The number of rotatable bonds is 3. The van der Waals surface area contributed by atoms with Gasteiger partial charge in [0.05, 0.1) is 12.2 Å². The van der Waals surface area contributed by atoms with Crippen LogP contribution in [0.2, 0.25) is 0 Å². The minimum Gasteiger partial charge on any atom is -0.365 e. The van der Waals surface area contributed by atoms with Gasteiger partial charge in [-0.1, -0.05) is 43.0 Å². The van der Waals surface area contributed by atoms with Crippen molar-refractivity contribution in [3.63, 3.8) is 0 Å². The quantitative estimate of drug-likeness (QED) is 0.634. The number of carbonyl (C=O) groups excluding carboxylic acids is 1. The average Bonchev–Trinajstić information content (AvgIpc) is 2.82. The number of nitrogens with zero attached hydrogens (tertiary/aromatic N) is 5. The molecular weight excluding hydrogens is 374 g/mol. The number of hydrogen-bond donors (Lipinski definition) is 0. The van der Waals surface area contributed by atoms with Gasteiger partial charge in [-0.25, -0.2) is 9.97 Å². The summed E-state index contributed by atoms with van der Waals surface area (Å²) < 4.78 is 0. The van der Waals surface area contributed by atoms with E-state index in [-0.39, 0.29) is 5.91 Å². The van der Waals surface area contributed by atoms with Crippen LogP contribution in [0.25, 0.3) is 10.8 Å². The number of piperazine rings is 1. The first-order valence-electron chi connectivity index (χ1n) is 10.5. The molecule has 30 heavy (non-hydrogen) atoms. The van der Waals surface area contributed by atoms with Crippen molar-refractivity contribution in [2.75, 3.05) is 42.5 Å². The summed E-state index contributed by atoms with van der Waals surface area (Å²) in [4.78, 5) is 27.7. The minimum absolute atomic E-state index is 0.00472. The molecule has 6 heteroatoms. The van der Waals surface area contributed by atoms with Gasteiger partial charge in [-0.15, -0.1) is 0 Å². The van der Waals surface area contributed by atoms with Crippen LogP contribution in [0.1, 0.15) is 11.3 Å². The molecule has 2 aromatic carbocycles. The van der Waals surface area contributed by atoms with Crippen LogP contribution in [0.5, 0.6) is 0 Å². The van der Waals surface area contributed by atoms with Gasteiger partial charge in [-0.05, 0) is 23.9 Å². The molecule has 2 aliphatic rings. The van der Waals surface area contributed by atoms with Crippen LogP contribution >= 0.6 is 0 Å². The molecule has 0 aliphatic carbocycles. The number of hydrogen-bond acceptors (Lipinski definition) is 5. The summed E-state index contributed by atoms with van der Waals surface area (Å²) in [6.07, 6.45) is 3.99. The third-order valence-electron chi connectivity index (χ3n) is 6.16. The molecule has 0 unspecified atom stereocenters. The smallest absolute Gasteiger partial charge is 0.246 e. The zero-order valence-corrected chi connectivity index (χ0v) is 17.0. The summed E-state index contributed by atoms with van der Waals surface area (Å²) in [7, 11) is 0. The van der Waals surface area contributed by atoms with Crippen LogP contribution in [-0.2, 0) is 17.8 Å². The van der Waals surface area contributed by atoms with E-state index in [1.807, 2.05) is 4.90 Å². The fourth-order valence-corrected chi connectivity index (χ4v) is 4.57. The highest BCUT2D eigenvalue weighted by Gasteiger charge is 2.27. The van der Waals surface area contributed by atoms with E-state index in [1.165, 1.54) is 28.1 Å². The molecule has 152 valence electrons. The van der Waals surface area contributed by atoms with Crippen molar-refractivity contribution >= 4 is 28.2 Å². The predicted molar refractivity (Wildman–Crippen MR) is 120 cm³/mol. The normalized spacial score (nSPS) is 16.5. The number of anilines is 2. The zero-order chi connectivity index (χ0) is 20.5. The van der Waals surface area contributed by atoms with Gasteiger partial charge in [0.1, 0.15) is 12.1 Å². The highest BCUT2D eigenvalue weighted by atomic mass is 16.2. The number of benzene rings is 2. The van der Waals surface area contributed by atoms with Gasteiger partial charge in [-0.3, -0.25) is 4.79 Å². The van der Waals surface area contributed by atoms with Crippen LogP contribution in [0.4, 0.5) is 11.5 Å². The van der Waals surface area contributed by atoms with Crippen molar-refractivity contribution < 1.29 is 4.79 Å². The van der Waals surface area contributed by atoms with E-state index in [0.29, 0.717) is 13.1 Å². The molecule has 0 N–H and O–H groups in total. The largest absolute Gasteiger partial charge is 0.365 e. The van der Waals surface area contributed by atoms with Gasteiger partial charge in [0, 0.05) is 49.4 Å². The third-order valence-corrected chi connectivity index (χ3v) is 6.16. The molecule has 1 fully saturated rings. The Hall–Kier alpha value is -3.41. The van der Waals surface area contributed by atoms with Gasteiger partial charge >= 0.3 is 0 Å². The lowest BCUT2D eigenvalue weighted by molar-refractivity contribution is -0.126. The van der Waals surface area contributed by atoms with Crippen molar-refractivity contribution in [3.05, 3.63) is 72.7 Å². The number of aromatic nitrogens is 2. The van der Waals surface area contributed by atoms with E-state index in [1.54, 1.807) is 6.33 Å². The van der Waals surface area contributed by atoms with Gasteiger partial charge in [0.2, 0.25) is 5.91 Å². The summed E-state index contributed by atoms with van der Waals surface area (Å²) in [5, 5.41) is 2.54. The van der Waals surface area contributed by atoms with E-state index in [4.69, 9.17) is 0 Å². The maximum atomic E-state index is 11.9. The molecule has 3 aromatic rings. The Morgan fingerprint density at radius 2 is 1.73 bits per heavy atom. The second kappa shape index (κ2) is 7.78. The summed E-state index contributed by atoms with van der Waals surface area (Å²) in [5.74, 6) is 1.04. The van der Waals surface area contributed by atoms with E-state index in [0.717, 1.165) is 44.1 Å². The highest BCUT2D eigenvalue weighted by Crippen LogP contribution is 2.32. The lowest BCUT2D eigenvalue weighted by atomic mass is 10.0. The van der Waals surface area contributed by atoms with E-state index < -0.39 is 0 Å². The molecule has 2 aliphatic heterocycles. The van der Waals surface area contributed by atoms with Gasteiger partial charge < -0.3 is 14.7 Å². The Labute approximate surface area is 176 Å². The SMILES string of the molecule is C=CC(=O)N1CCN(c2ncnc3c2CCN(c2cccc4ccccc24)C3)CC1. The molecule has 0 saturated carbocycles. The first-order valence-corrected chi connectivity index (χ1v) is 10.5. The van der Waals surface area contributed by atoms with Crippen LogP contribution in [0.15, 0.2) is 61.4 Å². The Morgan fingerprint density at radius 1 is 0.933 bits per heavy atom. The topological polar surface area (TPSA) is 52.6 Å². The molecule has 0 radical (unpaired) electrons. The molecule has 1 aromatic heterocycles. The average molecular weight is 399 g/mol. The first kappa shape index (κ1) is 18.6. The highest BCUT2D eigenvalue weighted by molar-refractivity contribution is 5.94. The Bertz CT molecular complexity index is 1100. The van der Waals surface area contributed by atoms with E-state index in [9.17, 15) is 4.79 Å². The maximum Gasteiger partial charge on any atom is 0.246 e. The van der Waals surface area contributed by atoms with Gasteiger partial charge in [0.25, 0.3) is 0 Å². The minimum atomic E-state index is 0.00472. The van der Waals surface area contributed by atoms with Crippen molar-refractivity contribution in [2.45, 2.75) is 13.0 Å². The first-order chi connectivity index (χ1) is 14.7. The number of carbonyl (C=O) groups is 1. The summed E-state index contributed by atoms with van der Waals surface area (Å²) in [6.45, 7) is 8.29. The molecule has 0 atom stereocenters. The fraction of sp³-hybridized carbons (Fsp3) is 0.292. The molecule has 1 amide bonds. The number of amides is 1. The van der Waals surface area contributed by atoms with Crippen LogP contribution in [0.3, 0.4) is 0 Å². The van der Waals surface area contributed by atoms with E-state index in [2.05, 4.69) is 68.8 Å². The van der Waals surface area contributed by atoms with Crippen molar-refractivity contribution in [3.8, 4) is 0 Å². The molecule has 5 rings (SSSR count). The maximum absolute atomic E-state index is 11.9. The standard InChI is InChI=1S/C24H25N5O/c1-2-23(30)27-12-14-28(15-13-27)24-20-10-11-29(16-21(20)25-17-26-24)22-9-5-7-18-6-3-4-8-19(18)22/h2-9,17H,1,10-16H2.